The van der Waals surface area contributed by atoms with E-state index in [2.05, 4.69) is 0 Å². The summed E-state index contributed by atoms with van der Waals surface area (Å²) in [4.78, 5) is 12.0. The third kappa shape index (κ3) is 5.41. The number of nitriles is 1. The topological polar surface area (TPSA) is 68.5 Å². The van der Waals surface area contributed by atoms with E-state index in [4.69, 9.17) is 42.7 Å². The lowest BCUT2D eigenvalue weighted by Gasteiger charge is -2.10. The molecule has 5 nitrogen and oxygen atoms in total. The van der Waals surface area contributed by atoms with Gasteiger partial charge in [-0.1, -0.05) is 41.4 Å². The number of rotatable bonds is 7. The van der Waals surface area contributed by atoms with Gasteiger partial charge in [0.2, 0.25) is 0 Å². The monoisotopic (exact) mass is 391 g/mol. The van der Waals surface area contributed by atoms with Gasteiger partial charge < -0.3 is 14.2 Å². The number of hydrogen-bond donors (Lipinski definition) is 0. The number of methoxy groups -OCH3 is 1. The van der Waals surface area contributed by atoms with Crippen LogP contribution >= 0.6 is 23.2 Å². The SMILES string of the molecule is COc1ccc(/C=C(\C#N)C(=O)OCCOc2c(Cl)cccc2Cl)cc1. The number of nitrogens with zero attached hydrogens (tertiary/aromatic N) is 1. The molecule has 0 aliphatic carbocycles. The van der Waals surface area contributed by atoms with E-state index in [1.54, 1.807) is 49.6 Å². The molecule has 0 aromatic heterocycles. The number of carbonyl (C=O) groups excluding carboxylic acids is 1. The average Bonchev–Trinajstić information content (AvgIpc) is 2.65. The molecule has 0 spiro atoms. The van der Waals surface area contributed by atoms with Gasteiger partial charge in [-0.15, -0.1) is 0 Å². The van der Waals surface area contributed by atoms with E-state index in [-0.39, 0.29) is 18.8 Å². The van der Waals surface area contributed by atoms with Crippen molar-refractivity contribution in [3.05, 3.63) is 63.6 Å². The number of carbonyl (C=O) groups is 1. The van der Waals surface area contributed by atoms with Gasteiger partial charge in [0.1, 0.15) is 30.6 Å². The minimum Gasteiger partial charge on any atom is -0.497 e. The summed E-state index contributed by atoms with van der Waals surface area (Å²) in [5, 5.41) is 9.88. The van der Waals surface area contributed by atoms with Crippen LogP contribution in [0.2, 0.25) is 10.0 Å². The Balaban J connectivity index is 1.91. The van der Waals surface area contributed by atoms with E-state index in [9.17, 15) is 4.79 Å². The summed E-state index contributed by atoms with van der Waals surface area (Å²) in [6.45, 7) is -0.00153. The zero-order valence-electron chi connectivity index (χ0n) is 13.9. The van der Waals surface area contributed by atoms with Crippen molar-refractivity contribution in [1.82, 2.24) is 0 Å². The number of hydrogen-bond acceptors (Lipinski definition) is 5. The Labute approximate surface area is 161 Å². The Morgan fingerprint density at radius 1 is 1.12 bits per heavy atom. The Kier molecular flexibility index (Phi) is 7.34. The highest BCUT2D eigenvalue weighted by molar-refractivity contribution is 6.37. The van der Waals surface area contributed by atoms with E-state index < -0.39 is 5.97 Å². The van der Waals surface area contributed by atoms with Gasteiger partial charge in [-0.05, 0) is 35.9 Å². The van der Waals surface area contributed by atoms with E-state index in [1.165, 1.54) is 6.08 Å². The molecular formula is C19H15Cl2NO4. The fourth-order valence-electron chi connectivity index (χ4n) is 1.98. The molecule has 0 bridgehead atoms. The molecule has 2 aromatic rings. The standard InChI is InChI=1S/C19H15Cl2NO4/c1-24-15-7-5-13(6-8-15)11-14(12-22)19(23)26-10-9-25-18-16(20)3-2-4-17(18)21/h2-8,11H,9-10H2,1H3/b14-11+. The molecule has 26 heavy (non-hydrogen) atoms. The molecule has 0 aliphatic heterocycles. The summed E-state index contributed by atoms with van der Waals surface area (Å²) in [5.74, 6) is 0.261. The highest BCUT2D eigenvalue weighted by Gasteiger charge is 2.12. The lowest BCUT2D eigenvalue weighted by Crippen LogP contribution is -2.13. The van der Waals surface area contributed by atoms with Crippen LogP contribution < -0.4 is 9.47 Å². The quantitative estimate of drug-likeness (QED) is 0.300. The van der Waals surface area contributed by atoms with Crippen LogP contribution in [0.5, 0.6) is 11.5 Å². The maximum Gasteiger partial charge on any atom is 0.349 e. The van der Waals surface area contributed by atoms with Crippen LogP contribution in [0, 0.1) is 11.3 Å². The molecule has 0 saturated heterocycles. The third-order valence-electron chi connectivity index (χ3n) is 3.25. The predicted octanol–water partition coefficient (Wildman–Crippen LogP) is 4.53. The first-order valence-corrected chi connectivity index (χ1v) is 8.30. The maximum atomic E-state index is 12.0. The van der Waals surface area contributed by atoms with Crippen LogP contribution in [0.25, 0.3) is 6.08 Å². The van der Waals surface area contributed by atoms with Crippen molar-refractivity contribution in [2.75, 3.05) is 20.3 Å². The third-order valence-corrected chi connectivity index (χ3v) is 3.84. The highest BCUT2D eigenvalue weighted by atomic mass is 35.5. The van der Waals surface area contributed by atoms with Gasteiger partial charge in [0.15, 0.2) is 5.75 Å². The molecule has 0 atom stereocenters. The largest absolute Gasteiger partial charge is 0.497 e. The van der Waals surface area contributed by atoms with Crippen LogP contribution in [-0.2, 0) is 9.53 Å². The molecule has 134 valence electrons. The van der Waals surface area contributed by atoms with Gasteiger partial charge in [-0.25, -0.2) is 4.79 Å². The minimum absolute atomic E-state index is 0.0520. The van der Waals surface area contributed by atoms with Crippen LogP contribution in [0.1, 0.15) is 5.56 Å². The Morgan fingerprint density at radius 3 is 2.35 bits per heavy atom. The fraction of sp³-hybridized carbons (Fsp3) is 0.158. The number of esters is 1. The van der Waals surface area contributed by atoms with E-state index in [0.29, 0.717) is 27.1 Å². The minimum atomic E-state index is -0.739. The first kappa shape index (κ1) is 19.6. The summed E-state index contributed by atoms with van der Waals surface area (Å²) >= 11 is 12.0. The lowest BCUT2D eigenvalue weighted by atomic mass is 10.1. The zero-order valence-corrected chi connectivity index (χ0v) is 15.4. The van der Waals surface area contributed by atoms with Crippen LogP contribution in [0.15, 0.2) is 48.0 Å². The van der Waals surface area contributed by atoms with Gasteiger partial charge in [-0.3, -0.25) is 0 Å². The van der Waals surface area contributed by atoms with Crippen molar-refractivity contribution in [1.29, 1.82) is 5.26 Å². The second-order valence-electron chi connectivity index (χ2n) is 4.98. The molecule has 0 unspecified atom stereocenters. The molecule has 0 N–H and O–H groups in total. The summed E-state index contributed by atoms with van der Waals surface area (Å²) < 4.78 is 15.5. The second kappa shape index (κ2) is 9.71. The van der Waals surface area contributed by atoms with Crippen LogP contribution in [0.3, 0.4) is 0 Å². The zero-order chi connectivity index (χ0) is 18.9. The maximum absolute atomic E-state index is 12.0. The number of ether oxygens (including phenoxy) is 3. The fourth-order valence-corrected chi connectivity index (χ4v) is 2.49. The number of para-hydroxylation sites is 1. The van der Waals surface area contributed by atoms with E-state index >= 15 is 0 Å². The van der Waals surface area contributed by atoms with Crippen molar-refractivity contribution in [2.24, 2.45) is 0 Å². The number of benzene rings is 2. The first-order valence-electron chi connectivity index (χ1n) is 7.55. The van der Waals surface area contributed by atoms with Crippen molar-refractivity contribution < 1.29 is 19.0 Å². The average molecular weight is 392 g/mol. The predicted molar refractivity (Wildman–Crippen MR) is 99.5 cm³/mol. The van der Waals surface area contributed by atoms with Crippen molar-refractivity contribution in [3.8, 4) is 17.6 Å². The Bertz CT molecular complexity index is 821. The summed E-state index contributed by atoms with van der Waals surface area (Å²) in [6, 6.07) is 13.7. The lowest BCUT2D eigenvalue weighted by molar-refractivity contribution is -0.139. The molecule has 7 heteroatoms. The molecule has 0 radical (unpaired) electrons. The van der Waals surface area contributed by atoms with Gasteiger partial charge in [0.25, 0.3) is 0 Å². The summed E-state index contributed by atoms with van der Waals surface area (Å²) in [7, 11) is 1.56. The molecule has 2 aromatic carbocycles. The second-order valence-corrected chi connectivity index (χ2v) is 5.79. The molecule has 2 rings (SSSR count). The first-order chi connectivity index (χ1) is 12.5. The van der Waals surface area contributed by atoms with Gasteiger partial charge in [0, 0.05) is 0 Å². The van der Waals surface area contributed by atoms with E-state index in [0.717, 1.165) is 0 Å². The van der Waals surface area contributed by atoms with Crippen molar-refractivity contribution >= 4 is 35.2 Å². The smallest absolute Gasteiger partial charge is 0.349 e. The Morgan fingerprint density at radius 2 is 1.77 bits per heavy atom. The highest BCUT2D eigenvalue weighted by Crippen LogP contribution is 2.32. The molecule has 0 fully saturated rings. The van der Waals surface area contributed by atoms with Gasteiger partial charge >= 0.3 is 5.97 Å². The Hall–Kier alpha value is -2.68. The molecule has 0 aliphatic rings. The normalized spacial score (nSPS) is 10.8. The molecular weight excluding hydrogens is 377 g/mol. The van der Waals surface area contributed by atoms with Crippen LogP contribution in [-0.4, -0.2) is 26.3 Å². The number of halogens is 2. The van der Waals surface area contributed by atoms with Crippen LogP contribution in [0.4, 0.5) is 0 Å². The molecule has 0 heterocycles. The van der Waals surface area contributed by atoms with Crippen molar-refractivity contribution in [2.45, 2.75) is 0 Å². The van der Waals surface area contributed by atoms with Gasteiger partial charge in [0.05, 0.1) is 17.2 Å². The molecule has 0 amide bonds. The molecule has 0 saturated carbocycles. The van der Waals surface area contributed by atoms with Crippen molar-refractivity contribution in [3.63, 3.8) is 0 Å². The van der Waals surface area contributed by atoms with Gasteiger partial charge in [-0.2, -0.15) is 5.26 Å². The van der Waals surface area contributed by atoms with E-state index in [1.807, 2.05) is 6.07 Å². The summed E-state index contributed by atoms with van der Waals surface area (Å²) in [5.41, 5.74) is 0.560. The summed E-state index contributed by atoms with van der Waals surface area (Å²) in [6.07, 6.45) is 1.44.